The molecule has 0 saturated heterocycles. The molecule has 0 fully saturated rings. The van der Waals surface area contributed by atoms with Crippen LogP contribution in [0.15, 0.2) is 24.3 Å². The summed E-state index contributed by atoms with van der Waals surface area (Å²) in [5.41, 5.74) is 1.24. The Morgan fingerprint density at radius 1 is 1.29 bits per heavy atom. The van der Waals surface area contributed by atoms with Crippen LogP contribution in [-0.4, -0.2) is 17.8 Å². The zero-order valence-electron chi connectivity index (χ0n) is 8.86. The number of ether oxygens (including phenoxy) is 1. The number of hydrogen-bond acceptors (Lipinski definition) is 2. The average Bonchev–Trinajstić information content (AvgIpc) is 2.17. The smallest absolute Gasteiger partial charge is 0.119 e. The fourth-order valence-electron chi connectivity index (χ4n) is 1.29. The molecule has 0 aromatic heterocycles. The van der Waals surface area contributed by atoms with E-state index in [1.807, 2.05) is 38.1 Å². The maximum Gasteiger partial charge on any atom is 0.119 e. The minimum absolute atomic E-state index is 0.221. The van der Waals surface area contributed by atoms with Gasteiger partial charge >= 0.3 is 0 Å². The van der Waals surface area contributed by atoms with Gasteiger partial charge in [-0.1, -0.05) is 12.1 Å². The van der Waals surface area contributed by atoms with Crippen molar-refractivity contribution < 1.29 is 9.84 Å². The zero-order chi connectivity index (χ0) is 10.4. The minimum Gasteiger partial charge on any atom is -0.494 e. The monoisotopic (exact) mass is 194 g/mol. The maximum absolute atomic E-state index is 9.13. The predicted molar refractivity (Wildman–Crippen MR) is 57.6 cm³/mol. The van der Waals surface area contributed by atoms with Crippen LogP contribution in [0.2, 0.25) is 0 Å². The molecule has 0 aliphatic heterocycles. The number of hydrogen-bond donors (Lipinski definition) is 1. The summed E-state index contributed by atoms with van der Waals surface area (Å²) in [6.07, 6.45) is 1.51. The normalized spacial score (nSPS) is 12.5. The molecule has 1 N–H and O–H groups in total. The average molecular weight is 194 g/mol. The van der Waals surface area contributed by atoms with Crippen molar-refractivity contribution in [2.45, 2.75) is 32.8 Å². The number of rotatable bonds is 5. The lowest BCUT2D eigenvalue weighted by Gasteiger charge is -2.06. The van der Waals surface area contributed by atoms with Crippen LogP contribution in [0.1, 0.15) is 25.8 Å². The second kappa shape index (κ2) is 5.66. The van der Waals surface area contributed by atoms with Crippen molar-refractivity contribution >= 4 is 0 Å². The lowest BCUT2D eigenvalue weighted by Crippen LogP contribution is -2.01. The molecule has 1 aromatic rings. The van der Waals surface area contributed by atoms with Gasteiger partial charge in [0.2, 0.25) is 0 Å². The molecule has 0 amide bonds. The van der Waals surface area contributed by atoms with Crippen LogP contribution in [0.5, 0.6) is 5.75 Å². The fraction of sp³-hybridized carbons (Fsp3) is 0.500. The Morgan fingerprint density at radius 3 is 2.43 bits per heavy atom. The quantitative estimate of drug-likeness (QED) is 0.780. The molecule has 1 rings (SSSR count). The van der Waals surface area contributed by atoms with E-state index in [2.05, 4.69) is 0 Å². The van der Waals surface area contributed by atoms with Gasteiger partial charge in [0.15, 0.2) is 0 Å². The fourth-order valence-corrected chi connectivity index (χ4v) is 1.29. The molecular weight excluding hydrogens is 176 g/mol. The molecule has 0 aliphatic carbocycles. The molecule has 0 unspecified atom stereocenters. The molecule has 78 valence electrons. The molecule has 0 radical (unpaired) electrons. The SMILES string of the molecule is CCOc1ccc(CC[C@@H](C)O)cc1. The highest BCUT2D eigenvalue weighted by atomic mass is 16.5. The molecule has 0 bridgehead atoms. The van der Waals surface area contributed by atoms with E-state index in [0.717, 1.165) is 18.6 Å². The van der Waals surface area contributed by atoms with Crippen LogP contribution in [-0.2, 0) is 6.42 Å². The van der Waals surface area contributed by atoms with E-state index in [9.17, 15) is 0 Å². The van der Waals surface area contributed by atoms with Crippen LogP contribution in [0.3, 0.4) is 0 Å². The third kappa shape index (κ3) is 3.79. The van der Waals surface area contributed by atoms with Gasteiger partial charge in [0.05, 0.1) is 12.7 Å². The molecule has 2 heteroatoms. The van der Waals surface area contributed by atoms with Crippen molar-refractivity contribution in [2.24, 2.45) is 0 Å². The second-order valence-electron chi connectivity index (χ2n) is 3.46. The summed E-state index contributed by atoms with van der Waals surface area (Å²) < 4.78 is 5.34. The van der Waals surface area contributed by atoms with E-state index in [-0.39, 0.29) is 6.10 Å². The van der Waals surface area contributed by atoms with Crippen molar-refractivity contribution in [1.82, 2.24) is 0 Å². The standard InChI is InChI=1S/C12H18O2/c1-3-14-12-8-6-11(7-9-12)5-4-10(2)13/h6-10,13H,3-5H2,1-2H3/t10-/m1/s1. The molecule has 2 nitrogen and oxygen atoms in total. The van der Waals surface area contributed by atoms with E-state index in [4.69, 9.17) is 9.84 Å². The summed E-state index contributed by atoms with van der Waals surface area (Å²) in [5, 5.41) is 9.13. The number of aliphatic hydroxyl groups is 1. The maximum atomic E-state index is 9.13. The summed E-state index contributed by atoms with van der Waals surface area (Å²) in [6, 6.07) is 8.04. The predicted octanol–water partition coefficient (Wildman–Crippen LogP) is 2.40. The van der Waals surface area contributed by atoms with E-state index in [1.165, 1.54) is 5.56 Å². The lowest BCUT2D eigenvalue weighted by molar-refractivity contribution is 0.185. The first kappa shape index (κ1) is 11.1. The Morgan fingerprint density at radius 2 is 1.93 bits per heavy atom. The number of benzene rings is 1. The molecular formula is C12H18O2. The topological polar surface area (TPSA) is 29.5 Å². The highest BCUT2D eigenvalue weighted by Gasteiger charge is 1.98. The van der Waals surface area contributed by atoms with E-state index in [0.29, 0.717) is 6.61 Å². The molecule has 0 saturated carbocycles. The lowest BCUT2D eigenvalue weighted by atomic mass is 10.1. The Bertz CT molecular complexity index is 252. The van der Waals surface area contributed by atoms with Crippen molar-refractivity contribution in [3.63, 3.8) is 0 Å². The van der Waals surface area contributed by atoms with Gasteiger partial charge < -0.3 is 9.84 Å². The van der Waals surface area contributed by atoms with Crippen LogP contribution < -0.4 is 4.74 Å². The largest absolute Gasteiger partial charge is 0.494 e. The summed E-state index contributed by atoms with van der Waals surface area (Å²) in [5.74, 6) is 0.910. The van der Waals surface area contributed by atoms with Crippen LogP contribution in [0, 0.1) is 0 Å². The van der Waals surface area contributed by atoms with Gasteiger partial charge in [0, 0.05) is 0 Å². The Labute approximate surface area is 85.5 Å². The van der Waals surface area contributed by atoms with Crippen molar-refractivity contribution in [3.05, 3.63) is 29.8 Å². The third-order valence-corrected chi connectivity index (χ3v) is 2.09. The van der Waals surface area contributed by atoms with E-state index in [1.54, 1.807) is 0 Å². The minimum atomic E-state index is -0.221. The Hall–Kier alpha value is -1.02. The first-order chi connectivity index (χ1) is 6.72. The van der Waals surface area contributed by atoms with Gasteiger partial charge in [-0.05, 0) is 44.4 Å². The summed E-state index contributed by atoms with van der Waals surface area (Å²) in [6.45, 7) is 4.49. The molecule has 0 aliphatic rings. The van der Waals surface area contributed by atoms with E-state index < -0.39 is 0 Å². The molecule has 1 aromatic carbocycles. The molecule has 0 spiro atoms. The third-order valence-electron chi connectivity index (χ3n) is 2.09. The molecule has 0 heterocycles. The zero-order valence-corrected chi connectivity index (χ0v) is 8.86. The van der Waals surface area contributed by atoms with Gasteiger partial charge in [-0.25, -0.2) is 0 Å². The highest BCUT2D eigenvalue weighted by molar-refractivity contribution is 5.27. The first-order valence-corrected chi connectivity index (χ1v) is 5.12. The van der Waals surface area contributed by atoms with Gasteiger partial charge in [-0.15, -0.1) is 0 Å². The van der Waals surface area contributed by atoms with Crippen molar-refractivity contribution in [3.8, 4) is 5.75 Å². The Balaban J connectivity index is 2.46. The van der Waals surface area contributed by atoms with E-state index >= 15 is 0 Å². The first-order valence-electron chi connectivity index (χ1n) is 5.12. The van der Waals surface area contributed by atoms with Crippen LogP contribution in [0.4, 0.5) is 0 Å². The molecule has 14 heavy (non-hydrogen) atoms. The van der Waals surface area contributed by atoms with Gasteiger partial charge in [0.1, 0.15) is 5.75 Å². The van der Waals surface area contributed by atoms with Gasteiger partial charge in [0.25, 0.3) is 0 Å². The van der Waals surface area contributed by atoms with Gasteiger partial charge in [-0.3, -0.25) is 0 Å². The summed E-state index contributed by atoms with van der Waals surface area (Å²) >= 11 is 0. The number of aliphatic hydroxyl groups excluding tert-OH is 1. The summed E-state index contributed by atoms with van der Waals surface area (Å²) in [4.78, 5) is 0. The summed E-state index contributed by atoms with van der Waals surface area (Å²) in [7, 11) is 0. The van der Waals surface area contributed by atoms with Crippen LogP contribution >= 0.6 is 0 Å². The molecule has 1 atom stereocenters. The number of aryl methyl sites for hydroxylation is 1. The van der Waals surface area contributed by atoms with Crippen molar-refractivity contribution in [2.75, 3.05) is 6.61 Å². The van der Waals surface area contributed by atoms with Crippen LogP contribution in [0.25, 0.3) is 0 Å². The van der Waals surface area contributed by atoms with Gasteiger partial charge in [-0.2, -0.15) is 0 Å². The Kier molecular flexibility index (Phi) is 4.47. The van der Waals surface area contributed by atoms with Crippen molar-refractivity contribution in [1.29, 1.82) is 0 Å². The second-order valence-corrected chi connectivity index (χ2v) is 3.46. The highest BCUT2D eigenvalue weighted by Crippen LogP contribution is 2.13.